The van der Waals surface area contributed by atoms with Crippen molar-refractivity contribution in [1.82, 2.24) is 15.1 Å². The zero-order valence-electron chi connectivity index (χ0n) is 11.6. The van der Waals surface area contributed by atoms with Crippen LogP contribution in [0.3, 0.4) is 0 Å². The summed E-state index contributed by atoms with van der Waals surface area (Å²) in [7, 11) is 0. The molecule has 4 nitrogen and oxygen atoms in total. The molecule has 0 radical (unpaired) electrons. The van der Waals surface area contributed by atoms with Crippen LogP contribution in [0.15, 0.2) is 6.20 Å². The molecule has 0 spiro atoms. The summed E-state index contributed by atoms with van der Waals surface area (Å²) in [6.45, 7) is 8.26. The van der Waals surface area contributed by atoms with Crippen molar-refractivity contribution in [2.75, 3.05) is 13.2 Å². The summed E-state index contributed by atoms with van der Waals surface area (Å²) in [6.07, 6.45) is 7.14. The van der Waals surface area contributed by atoms with E-state index in [1.807, 2.05) is 6.20 Å². The van der Waals surface area contributed by atoms with Crippen molar-refractivity contribution in [3.8, 4) is 0 Å². The van der Waals surface area contributed by atoms with Crippen LogP contribution < -0.4 is 5.32 Å². The van der Waals surface area contributed by atoms with Gasteiger partial charge >= 0.3 is 0 Å². The van der Waals surface area contributed by atoms with E-state index in [4.69, 9.17) is 4.74 Å². The summed E-state index contributed by atoms with van der Waals surface area (Å²) in [5.41, 5.74) is 2.60. The lowest BCUT2D eigenvalue weighted by Gasteiger charge is -2.10. The lowest BCUT2D eigenvalue weighted by atomic mass is 10.2. The lowest BCUT2D eigenvalue weighted by Crippen LogP contribution is -2.15. The Morgan fingerprint density at radius 2 is 2.44 bits per heavy atom. The molecular formula is C14H25N3O. The minimum Gasteiger partial charge on any atom is -0.378 e. The monoisotopic (exact) mass is 251 g/mol. The molecular weight excluding hydrogens is 226 g/mol. The molecule has 0 bridgehead atoms. The summed E-state index contributed by atoms with van der Waals surface area (Å²) in [4.78, 5) is 0. The van der Waals surface area contributed by atoms with Gasteiger partial charge in [-0.1, -0.05) is 6.92 Å². The van der Waals surface area contributed by atoms with Gasteiger partial charge in [-0.2, -0.15) is 5.10 Å². The highest BCUT2D eigenvalue weighted by atomic mass is 16.5. The molecule has 102 valence electrons. The van der Waals surface area contributed by atoms with E-state index >= 15 is 0 Å². The first-order valence-electron chi connectivity index (χ1n) is 7.15. The van der Waals surface area contributed by atoms with Crippen molar-refractivity contribution in [3.05, 3.63) is 17.5 Å². The quantitative estimate of drug-likeness (QED) is 0.756. The van der Waals surface area contributed by atoms with Gasteiger partial charge in [0.15, 0.2) is 0 Å². The molecule has 0 saturated carbocycles. The second-order valence-corrected chi connectivity index (χ2v) is 5.08. The Morgan fingerprint density at radius 1 is 1.56 bits per heavy atom. The minimum atomic E-state index is 0.454. The molecule has 1 atom stereocenters. The third-order valence-electron chi connectivity index (χ3n) is 3.63. The van der Waals surface area contributed by atoms with Crippen molar-refractivity contribution >= 4 is 0 Å². The summed E-state index contributed by atoms with van der Waals surface area (Å²) in [5.74, 6) is 0. The van der Waals surface area contributed by atoms with Crippen LogP contribution in [-0.2, 0) is 17.8 Å². The van der Waals surface area contributed by atoms with Gasteiger partial charge in [-0.25, -0.2) is 0 Å². The third kappa shape index (κ3) is 3.56. The van der Waals surface area contributed by atoms with Crippen LogP contribution in [-0.4, -0.2) is 29.0 Å². The number of nitrogens with one attached hydrogen (secondary N) is 1. The maximum absolute atomic E-state index is 5.65. The first-order valence-corrected chi connectivity index (χ1v) is 7.15. The molecule has 2 rings (SSSR count). The van der Waals surface area contributed by atoms with E-state index in [-0.39, 0.29) is 0 Å². The first kappa shape index (κ1) is 13.6. The Kier molecular flexibility index (Phi) is 5.20. The van der Waals surface area contributed by atoms with Crippen LogP contribution >= 0.6 is 0 Å². The van der Waals surface area contributed by atoms with Gasteiger partial charge < -0.3 is 10.1 Å². The molecule has 1 saturated heterocycles. The lowest BCUT2D eigenvalue weighted by molar-refractivity contribution is 0.0993. The molecule has 0 aliphatic carbocycles. The van der Waals surface area contributed by atoms with Crippen LogP contribution in [0.2, 0.25) is 0 Å². The molecule has 1 N–H and O–H groups in total. The van der Waals surface area contributed by atoms with E-state index in [1.54, 1.807) is 0 Å². The summed E-state index contributed by atoms with van der Waals surface area (Å²) in [6, 6.07) is 0. The topological polar surface area (TPSA) is 39.1 Å². The second kappa shape index (κ2) is 6.90. The van der Waals surface area contributed by atoms with Gasteiger partial charge in [-0.05, 0) is 39.2 Å². The molecule has 18 heavy (non-hydrogen) atoms. The average Bonchev–Trinajstić information content (AvgIpc) is 2.99. The molecule has 1 aromatic heterocycles. The first-order chi connectivity index (χ1) is 8.81. The molecule has 1 aromatic rings. The van der Waals surface area contributed by atoms with Crippen LogP contribution in [0.1, 0.15) is 43.9 Å². The number of ether oxygens (including phenoxy) is 1. The van der Waals surface area contributed by atoms with Crippen molar-refractivity contribution in [2.45, 2.75) is 58.7 Å². The fraction of sp³-hybridized carbons (Fsp3) is 0.786. The largest absolute Gasteiger partial charge is 0.378 e. The van der Waals surface area contributed by atoms with Crippen LogP contribution in [0.5, 0.6) is 0 Å². The molecule has 1 unspecified atom stereocenters. The third-order valence-corrected chi connectivity index (χ3v) is 3.63. The second-order valence-electron chi connectivity index (χ2n) is 5.08. The maximum Gasteiger partial charge on any atom is 0.0593 e. The van der Waals surface area contributed by atoms with Crippen molar-refractivity contribution in [3.63, 3.8) is 0 Å². The Hall–Kier alpha value is -0.870. The number of aryl methyl sites for hydroxylation is 1. The number of nitrogens with zero attached hydrogens (tertiary/aromatic N) is 2. The number of aromatic nitrogens is 2. The van der Waals surface area contributed by atoms with Crippen molar-refractivity contribution < 1.29 is 4.74 Å². The number of hydrogen-bond donors (Lipinski definition) is 1. The molecule has 1 aliphatic heterocycles. The number of hydrogen-bond acceptors (Lipinski definition) is 3. The van der Waals surface area contributed by atoms with Gasteiger partial charge in [0.1, 0.15) is 0 Å². The van der Waals surface area contributed by atoms with E-state index in [9.17, 15) is 0 Å². The molecule has 2 heterocycles. The summed E-state index contributed by atoms with van der Waals surface area (Å²) in [5, 5.41) is 7.90. The van der Waals surface area contributed by atoms with E-state index in [1.165, 1.54) is 30.5 Å². The van der Waals surface area contributed by atoms with E-state index in [2.05, 4.69) is 28.9 Å². The maximum atomic E-state index is 5.65. The fourth-order valence-corrected chi connectivity index (χ4v) is 2.42. The molecule has 0 aromatic carbocycles. The predicted molar refractivity (Wildman–Crippen MR) is 72.6 cm³/mol. The SMILES string of the molecule is CCCNCc1cnn(CCC2CCCO2)c1C. The molecule has 0 amide bonds. The van der Waals surface area contributed by atoms with Gasteiger partial charge in [0, 0.05) is 31.0 Å². The highest BCUT2D eigenvalue weighted by molar-refractivity contribution is 5.15. The van der Waals surface area contributed by atoms with Gasteiger partial charge in [0.25, 0.3) is 0 Å². The van der Waals surface area contributed by atoms with Gasteiger partial charge in [0.2, 0.25) is 0 Å². The van der Waals surface area contributed by atoms with Gasteiger partial charge in [-0.15, -0.1) is 0 Å². The van der Waals surface area contributed by atoms with E-state index in [0.717, 1.165) is 32.7 Å². The normalized spacial score (nSPS) is 19.6. The number of rotatable bonds is 7. The average molecular weight is 251 g/mol. The Balaban J connectivity index is 1.81. The zero-order valence-corrected chi connectivity index (χ0v) is 11.6. The van der Waals surface area contributed by atoms with Crippen molar-refractivity contribution in [2.24, 2.45) is 0 Å². The molecule has 1 aliphatic rings. The fourth-order valence-electron chi connectivity index (χ4n) is 2.42. The summed E-state index contributed by atoms with van der Waals surface area (Å²) >= 11 is 0. The van der Waals surface area contributed by atoms with Crippen LogP contribution in [0, 0.1) is 6.92 Å². The molecule has 1 fully saturated rings. The van der Waals surface area contributed by atoms with Gasteiger partial charge in [-0.3, -0.25) is 4.68 Å². The Bertz CT molecular complexity index is 356. The molecule has 4 heteroatoms. The highest BCUT2D eigenvalue weighted by Crippen LogP contribution is 2.17. The van der Waals surface area contributed by atoms with Gasteiger partial charge in [0.05, 0.1) is 12.3 Å². The van der Waals surface area contributed by atoms with Crippen molar-refractivity contribution in [1.29, 1.82) is 0 Å². The van der Waals surface area contributed by atoms with Crippen LogP contribution in [0.4, 0.5) is 0 Å². The standard InChI is InChI=1S/C14H25N3O/c1-3-7-15-10-13-11-16-17(12(13)2)8-6-14-5-4-9-18-14/h11,14-15H,3-10H2,1-2H3. The summed E-state index contributed by atoms with van der Waals surface area (Å²) < 4.78 is 7.76. The van der Waals surface area contributed by atoms with E-state index in [0.29, 0.717) is 6.10 Å². The van der Waals surface area contributed by atoms with Crippen LogP contribution in [0.25, 0.3) is 0 Å². The Labute approximate surface area is 110 Å². The predicted octanol–water partition coefficient (Wildman–Crippen LogP) is 2.26. The van der Waals surface area contributed by atoms with E-state index < -0.39 is 0 Å². The highest BCUT2D eigenvalue weighted by Gasteiger charge is 2.16. The minimum absolute atomic E-state index is 0.454. The smallest absolute Gasteiger partial charge is 0.0593 e. The zero-order chi connectivity index (χ0) is 12.8. The Morgan fingerprint density at radius 3 is 3.17 bits per heavy atom.